The van der Waals surface area contributed by atoms with Crippen molar-refractivity contribution in [3.63, 3.8) is 0 Å². The molecule has 0 aromatic heterocycles. The van der Waals surface area contributed by atoms with E-state index in [1.165, 1.54) is 12.1 Å². The monoisotopic (exact) mass is 377 g/mol. The number of anilines is 1. The predicted molar refractivity (Wildman–Crippen MR) is 92.8 cm³/mol. The Morgan fingerprint density at radius 2 is 1.55 bits per heavy atom. The Hall–Kier alpha value is -0.940. The molecule has 2 aromatic rings. The first-order chi connectivity index (χ1) is 10.2. The molecule has 0 saturated carbocycles. The van der Waals surface area contributed by atoms with Gasteiger partial charge in [0.2, 0.25) is 0 Å². The van der Waals surface area contributed by atoms with Gasteiger partial charge < -0.3 is 0 Å². The summed E-state index contributed by atoms with van der Waals surface area (Å²) in [4.78, 5) is -0.109. The van der Waals surface area contributed by atoms with Gasteiger partial charge in [0, 0.05) is 0 Å². The van der Waals surface area contributed by atoms with Crippen molar-refractivity contribution in [1.82, 2.24) is 0 Å². The Bertz CT molecular complexity index is 804. The van der Waals surface area contributed by atoms with Crippen LogP contribution in [0.3, 0.4) is 0 Å². The summed E-state index contributed by atoms with van der Waals surface area (Å²) in [5.41, 5.74) is 1.40. The third-order valence-corrected chi connectivity index (χ3v) is 5.64. The van der Waals surface area contributed by atoms with Crippen LogP contribution in [-0.4, -0.2) is 8.42 Å². The van der Waals surface area contributed by atoms with Crippen LogP contribution < -0.4 is 4.72 Å². The van der Waals surface area contributed by atoms with Crippen molar-refractivity contribution >= 4 is 50.5 Å². The average molecular weight is 379 g/mol. The summed E-state index contributed by atoms with van der Waals surface area (Å²) in [5.74, 6) is 0.170. The van der Waals surface area contributed by atoms with Crippen molar-refractivity contribution in [2.75, 3.05) is 4.72 Å². The number of sulfonamides is 1. The van der Waals surface area contributed by atoms with E-state index >= 15 is 0 Å². The minimum absolute atomic E-state index is 0.0175. The molecule has 0 saturated heterocycles. The van der Waals surface area contributed by atoms with Crippen LogP contribution in [0.5, 0.6) is 0 Å². The minimum Gasteiger partial charge on any atom is -0.279 e. The molecule has 2 rings (SSSR count). The number of benzene rings is 2. The van der Waals surface area contributed by atoms with Gasteiger partial charge in [-0.05, 0) is 29.7 Å². The Morgan fingerprint density at radius 3 is 2.18 bits per heavy atom. The zero-order chi connectivity index (χ0) is 16.5. The Morgan fingerprint density at radius 1 is 0.955 bits per heavy atom. The van der Waals surface area contributed by atoms with Gasteiger partial charge in [0.1, 0.15) is 4.90 Å². The second kappa shape index (κ2) is 6.67. The quantitative estimate of drug-likeness (QED) is 0.707. The normalized spacial score (nSPS) is 11.7. The average Bonchev–Trinajstić information content (AvgIpc) is 2.42. The number of para-hydroxylation sites is 1. The molecule has 0 aliphatic heterocycles. The molecule has 1 N–H and O–H groups in total. The van der Waals surface area contributed by atoms with Crippen LogP contribution in [0.2, 0.25) is 15.1 Å². The van der Waals surface area contributed by atoms with E-state index in [0.29, 0.717) is 5.69 Å². The first-order valence-corrected chi connectivity index (χ1v) is 9.10. The maximum atomic E-state index is 12.6. The zero-order valence-electron chi connectivity index (χ0n) is 11.9. The highest BCUT2D eigenvalue weighted by molar-refractivity contribution is 7.92. The summed E-state index contributed by atoms with van der Waals surface area (Å²) in [6, 6.07) is 9.76. The Labute approximate surface area is 145 Å². The van der Waals surface area contributed by atoms with Crippen molar-refractivity contribution < 1.29 is 8.42 Å². The van der Waals surface area contributed by atoms with Gasteiger partial charge in [0.05, 0.1) is 20.8 Å². The lowest BCUT2D eigenvalue weighted by Gasteiger charge is -2.15. The molecule has 0 aliphatic rings. The Balaban J connectivity index is 2.47. The van der Waals surface area contributed by atoms with E-state index in [2.05, 4.69) is 4.72 Å². The SMILES string of the molecule is CC(C)c1ccccc1NS(=O)(=O)c1cc(Cl)c(Cl)cc1Cl. The van der Waals surface area contributed by atoms with Gasteiger partial charge in [-0.3, -0.25) is 4.72 Å². The van der Waals surface area contributed by atoms with Crippen LogP contribution in [-0.2, 0) is 10.0 Å². The molecule has 0 unspecified atom stereocenters. The van der Waals surface area contributed by atoms with Crippen molar-refractivity contribution in [2.45, 2.75) is 24.7 Å². The van der Waals surface area contributed by atoms with E-state index in [9.17, 15) is 8.42 Å². The second-order valence-electron chi connectivity index (χ2n) is 5.04. The van der Waals surface area contributed by atoms with Gasteiger partial charge in [-0.1, -0.05) is 66.8 Å². The van der Waals surface area contributed by atoms with E-state index < -0.39 is 10.0 Å². The third-order valence-electron chi connectivity index (χ3n) is 3.09. The fraction of sp³-hybridized carbons (Fsp3) is 0.200. The van der Waals surface area contributed by atoms with Crippen LogP contribution in [0, 0.1) is 0 Å². The molecule has 3 nitrogen and oxygen atoms in total. The van der Waals surface area contributed by atoms with Gasteiger partial charge in [0.15, 0.2) is 0 Å². The number of hydrogen-bond donors (Lipinski definition) is 1. The number of rotatable bonds is 4. The molecule has 0 radical (unpaired) electrons. The summed E-state index contributed by atoms with van der Waals surface area (Å²) in [6.45, 7) is 3.97. The molecule has 0 heterocycles. The fourth-order valence-electron chi connectivity index (χ4n) is 2.00. The summed E-state index contributed by atoms with van der Waals surface area (Å²) in [7, 11) is -3.86. The van der Waals surface area contributed by atoms with Gasteiger partial charge >= 0.3 is 0 Å². The second-order valence-corrected chi connectivity index (χ2v) is 7.92. The lowest BCUT2D eigenvalue weighted by atomic mass is 10.0. The fourth-order valence-corrected chi connectivity index (χ4v) is 4.09. The van der Waals surface area contributed by atoms with Crippen LogP contribution in [0.25, 0.3) is 0 Å². The standard InChI is InChI=1S/C15H14Cl3NO2S/c1-9(2)10-5-3-4-6-14(10)19-22(20,21)15-8-12(17)11(16)7-13(15)18/h3-9,19H,1-2H3. The van der Waals surface area contributed by atoms with Gasteiger partial charge in [-0.15, -0.1) is 0 Å². The molecule has 0 aliphatic carbocycles. The maximum absolute atomic E-state index is 12.6. The molecule has 0 bridgehead atoms. The van der Waals surface area contributed by atoms with Crippen LogP contribution in [0.1, 0.15) is 25.3 Å². The molecule has 7 heteroatoms. The molecule has 0 atom stereocenters. The van der Waals surface area contributed by atoms with Gasteiger partial charge in [0.25, 0.3) is 10.0 Å². The van der Waals surface area contributed by atoms with E-state index in [4.69, 9.17) is 34.8 Å². The zero-order valence-corrected chi connectivity index (χ0v) is 15.0. The predicted octanol–water partition coefficient (Wildman–Crippen LogP) is 5.57. The number of hydrogen-bond acceptors (Lipinski definition) is 2. The molecular formula is C15H14Cl3NO2S. The van der Waals surface area contributed by atoms with Gasteiger partial charge in [-0.2, -0.15) is 0 Å². The van der Waals surface area contributed by atoms with Gasteiger partial charge in [-0.25, -0.2) is 8.42 Å². The molecule has 2 aromatic carbocycles. The van der Waals surface area contributed by atoms with Crippen LogP contribution in [0.4, 0.5) is 5.69 Å². The van der Waals surface area contributed by atoms with Crippen LogP contribution >= 0.6 is 34.8 Å². The molecular weight excluding hydrogens is 365 g/mol. The maximum Gasteiger partial charge on any atom is 0.263 e. The van der Waals surface area contributed by atoms with Crippen molar-refractivity contribution in [1.29, 1.82) is 0 Å². The lowest BCUT2D eigenvalue weighted by molar-refractivity contribution is 0.601. The molecule has 118 valence electrons. The summed E-state index contributed by atoms with van der Waals surface area (Å²) < 4.78 is 27.7. The first kappa shape index (κ1) is 17.4. The molecule has 0 spiro atoms. The summed E-state index contributed by atoms with van der Waals surface area (Å²) in [5, 5.41) is 0.348. The van der Waals surface area contributed by atoms with E-state index in [0.717, 1.165) is 5.56 Å². The lowest BCUT2D eigenvalue weighted by Crippen LogP contribution is -2.15. The first-order valence-electron chi connectivity index (χ1n) is 6.48. The molecule has 22 heavy (non-hydrogen) atoms. The highest BCUT2D eigenvalue weighted by atomic mass is 35.5. The highest BCUT2D eigenvalue weighted by Gasteiger charge is 2.21. The summed E-state index contributed by atoms with van der Waals surface area (Å²) >= 11 is 17.7. The molecule has 0 amide bonds. The van der Waals surface area contributed by atoms with E-state index in [-0.39, 0.29) is 25.9 Å². The van der Waals surface area contributed by atoms with Crippen molar-refractivity contribution in [3.05, 3.63) is 57.0 Å². The number of nitrogens with one attached hydrogen (secondary N) is 1. The minimum atomic E-state index is -3.86. The molecule has 0 fully saturated rings. The largest absolute Gasteiger partial charge is 0.279 e. The number of halogens is 3. The third kappa shape index (κ3) is 3.69. The van der Waals surface area contributed by atoms with E-state index in [1.807, 2.05) is 26.0 Å². The van der Waals surface area contributed by atoms with Crippen LogP contribution in [0.15, 0.2) is 41.3 Å². The topological polar surface area (TPSA) is 46.2 Å². The highest BCUT2D eigenvalue weighted by Crippen LogP contribution is 2.33. The summed E-state index contributed by atoms with van der Waals surface area (Å²) in [6.07, 6.45) is 0. The van der Waals surface area contributed by atoms with Crippen molar-refractivity contribution in [3.8, 4) is 0 Å². The van der Waals surface area contributed by atoms with Crippen molar-refractivity contribution in [2.24, 2.45) is 0 Å². The van der Waals surface area contributed by atoms with E-state index in [1.54, 1.807) is 12.1 Å². The smallest absolute Gasteiger partial charge is 0.263 e. The Kier molecular flexibility index (Phi) is 5.28.